The topological polar surface area (TPSA) is 131 Å². The number of hydrazone groups is 1. The predicted molar refractivity (Wildman–Crippen MR) is 129 cm³/mol. The van der Waals surface area contributed by atoms with Crippen LogP contribution in [0.15, 0.2) is 23.3 Å². The predicted octanol–water partition coefficient (Wildman–Crippen LogP) is 5.67. The fourth-order valence-corrected chi connectivity index (χ4v) is 8.21. The molecule has 4 aliphatic carbocycles. The summed E-state index contributed by atoms with van der Waals surface area (Å²) in [7, 11) is 0. The number of nitrogens with one attached hydrogen (secondary N) is 1. The summed E-state index contributed by atoms with van der Waals surface area (Å²) in [4.78, 5) is 21.3. The van der Waals surface area contributed by atoms with Crippen molar-refractivity contribution in [2.75, 3.05) is 5.43 Å². The molecule has 0 bridgehead atoms. The first kappa shape index (κ1) is 23.2. The van der Waals surface area contributed by atoms with Gasteiger partial charge in [-0.25, -0.2) is 0 Å². The summed E-state index contributed by atoms with van der Waals surface area (Å²) in [5.74, 6) is 2.54. The number of hydrogen-bond donors (Lipinski definition) is 2. The van der Waals surface area contributed by atoms with Gasteiger partial charge in [0.1, 0.15) is 5.69 Å². The van der Waals surface area contributed by atoms with E-state index in [0.29, 0.717) is 29.1 Å². The molecule has 0 aromatic heterocycles. The zero-order valence-electron chi connectivity index (χ0n) is 19.9. The van der Waals surface area contributed by atoms with Gasteiger partial charge in [0.25, 0.3) is 5.69 Å². The molecule has 0 radical (unpaired) electrons. The van der Waals surface area contributed by atoms with Crippen molar-refractivity contribution >= 4 is 22.8 Å². The number of nitro groups is 2. The number of benzene rings is 1. The zero-order chi connectivity index (χ0) is 24.3. The lowest BCUT2D eigenvalue weighted by atomic mass is 9.45. The number of aliphatic hydroxyl groups is 1. The third-order valence-electron chi connectivity index (χ3n) is 10.1. The number of nitrogens with zero attached hydrogens (tertiary/aromatic N) is 3. The van der Waals surface area contributed by atoms with Crippen molar-refractivity contribution < 1.29 is 15.0 Å². The van der Waals surface area contributed by atoms with Gasteiger partial charge in [0.15, 0.2) is 0 Å². The number of rotatable bonds is 4. The van der Waals surface area contributed by atoms with E-state index in [2.05, 4.69) is 24.4 Å². The Hall–Kier alpha value is -2.55. The Morgan fingerprint density at radius 3 is 2.56 bits per heavy atom. The van der Waals surface area contributed by atoms with E-state index in [1.807, 2.05) is 0 Å². The molecule has 4 fully saturated rings. The molecule has 0 amide bonds. The first-order valence-electron chi connectivity index (χ1n) is 12.6. The SMILES string of the molecule is C[C@]12CC[C@@H](O)C[C@H]1CC[C@@H]1[C@@H]2CC[C@]2(C)/C(=N\Nc3ccc([N+](=O)[O-])cc3[N+](=O)[O-])CC[C@@H]12. The highest BCUT2D eigenvalue weighted by Gasteiger charge is 2.59. The van der Waals surface area contributed by atoms with Gasteiger partial charge in [-0.1, -0.05) is 13.8 Å². The first-order valence-corrected chi connectivity index (χ1v) is 12.6. The van der Waals surface area contributed by atoms with Gasteiger partial charge in [-0.3, -0.25) is 25.7 Å². The minimum absolute atomic E-state index is 0.0267. The number of hydrogen-bond acceptors (Lipinski definition) is 7. The van der Waals surface area contributed by atoms with Gasteiger partial charge in [-0.2, -0.15) is 5.10 Å². The average molecular weight is 471 g/mol. The van der Waals surface area contributed by atoms with Crippen LogP contribution in [0.4, 0.5) is 17.1 Å². The van der Waals surface area contributed by atoms with E-state index >= 15 is 0 Å². The zero-order valence-corrected chi connectivity index (χ0v) is 19.9. The summed E-state index contributed by atoms with van der Waals surface area (Å²) in [5.41, 5.74) is 3.77. The van der Waals surface area contributed by atoms with E-state index in [4.69, 9.17) is 0 Å². The molecule has 4 aliphatic rings. The van der Waals surface area contributed by atoms with E-state index in [9.17, 15) is 25.3 Å². The van der Waals surface area contributed by atoms with Crippen LogP contribution in [0.2, 0.25) is 0 Å². The van der Waals surface area contributed by atoms with E-state index in [1.165, 1.54) is 25.0 Å². The first-order chi connectivity index (χ1) is 16.1. The standard InChI is InChI=1S/C25H34N4O5/c1-24-11-9-17(30)13-15(24)3-5-18-19-6-8-23(25(19,2)12-10-20(18)24)27-26-21-7-4-16(28(31)32)14-22(21)29(33)34/h4,7,14-15,17-20,26,30H,3,5-6,8-13H2,1-2H3/b27-23-/t15-,17-,18+,19+,20+,24+,25+/m1/s1. The highest BCUT2D eigenvalue weighted by molar-refractivity contribution is 5.93. The Bertz CT molecular complexity index is 1040. The second-order valence-corrected chi connectivity index (χ2v) is 11.5. The molecule has 0 spiro atoms. The van der Waals surface area contributed by atoms with Crippen molar-refractivity contribution in [1.29, 1.82) is 0 Å². The van der Waals surface area contributed by atoms with Gasteiger partial charge in [0.05, 0.1) is 22.0 Å². The van der Waals surface area contributed by atoms with Crippen LogP contribution in [0, 0.1) is 54.7 Å². The smallest absolute Gasteiger partial charge is 0.301 e. The molecule has 0 unspecified atom stereocenters. The molecular weight excluding hydrogens is 436 g/mol. The molecule has 0 saturated heterocycles. The van der Waals surface area contributed by atoms with Crippen LogP contribution in [-0.4, -0.2) is 26.8 Å². The second kappa shape index (κ2) is 8.29. The van der Waals surface area contributed by atoms with Crippen LogP contribution in [0.3, 0.4) is 0 Å². The third-order valence-corrected chi connectivity index (χ3v) is 10.1. The Labute approximate surface area is 199 Å². The van der Waals surface area contributed by atoms with Crippen molar-refractivity contribution in [3.63, 3.8) is 0 Å². The van der Waals surface area contributed by atoms with Gasteiger partial charge in [-0.05, 0) is 92.9 Å². The van der Waals surface area contributed by atoms with E-state index in [0.717, 1.165) is 56.7 Å². The van der Waals surface area contributed by atoms with Crippen LogP contribution in [0.5, 0.6) is 0 Å². The minimum atomic E-state index is -0.633. The van der Waals surface area contributed by atoms with Gasteiger partial charge in [-0.15, -0.1) is 0 Å². The molecule has 9 heteroatoms. The van der Waals surface area contributed by atoms with Crippen LogP contribution >= 0.6 is 0 Å². The lowest BCUT2D eigenvalue weighted by Gasteiger charge is -2.60. The Balaban J connectivity index is 1.37. The maximum absolute atomic E-state index is 11.5. The Kier molecular flexibility index (Phi) is 5.66. The highest BCUT2D eigenvalue weighted by atomic mass is 16.6. The van der Waals surface area contributed by atoms with Gasteiger partial charge < -0.3 is 5.11 Å². The Morgan fingerprint density at radius 1 is 1.03 bits per heavy atom. The molecule has 184 valence electrons. The lowest BCUT2D eigenvalue weighted by Crippen LogP contribution is -2.54. The number of anilines is 1. The van der Waals surface area contributed by atoms with Gasteiger partial charge in [0, 0.05) is 17.2 Å². The second-order valence-electron chi connectivity index (χ2n) is 11.5. The monoisotopic (exact) mass is 470 g/mol. The van der Waals surface area contributed by atoms with Gasteiger partial charge in [0.2, 0.25) is 0 Å². The maximum Gasteiger partial charge on any atom is 0.301 e. The molecule has 1 aromatic carbocycles. The molecule has 0 aliphatic heterocycles. The van der Waals surface area contributed by atoms with E-state index in [1.54, 1.807) is 0 Å². The molecule has 34 heavy (non-hydrogen) atoms. The minimum Gasteiger partial charge on any atom is -0.393 e. The van der Waals surface area contributed by atoms with Crippen molar-refractivity contribution in [2.45, 2.75) is 77.7 Å². The van der Waals surface area contributed by atoms with Crippen molar-refractivity contribution in [3.8, 4) is 0 Å². The van der Waals surface area contributed by atoms with Crippen molar-refractivity contribution in [1.82, 2.24) is 0 Å². The van der Waals surface area contributed by atoms with E-state index in [-0.39, 0.29) is 28.6 Å². The number of aliphatic hydroxyl groups excluding tert-OH is 1. The van der Waals surface area contributed by atoms with Crippen LogP contribution < -0.4 is 5.43 Å². The quantitative estimate of drug-likeness (QED) is 0.430. The van der Waals surface area contributed by atoms with Crippen LogP contribution in [0.25, 0.3) is 0 Å². The molecule has 0 heterocycles. The number of non-ortho nitro benzene ring substituents is 1. The molecule has 7 atom stereocenters. The highest BCUT2D eigenvalue weighted by Crippen LogP contribution is 2.65. The number of nitro benzene ring substituents is 2. The lowest BCUT2D eigenvalue weighted by molar-refractivity contribution is -0.393. The molecule has 5 rings (SSSR count). The summed E-state index contributed by atoms with van der Waals surface area (Å²) in [6, 6.07) is 3.61. The molecular formula is C25H34N4O5. The maximum atomic E-state index is 11.5. The summed E-state index contributed by atoms with van der Waals surface area (Å²) in [6.07, 6.45) is 9.45. The fraction of sp³-hybridized carbons (Fsp3) is 0.720. The normalized spacial score (nSPS) is 40.2. The van der Waals surface area contributed by atoms with Crippen molar-refractivity contribution in [3.05, 3.63) is 38.4 Å². The van der Waals surface area contributed by atoms with E-state index < -0.39 is 9.85 Å². The largest absolute Gasteiger partial charge is 0.393 e. The molecule has 2 N–H and O–H groups in total. The summed E-state index contributed by atoms with van der Waals surface area (Å²) >= 11 is 0. The average Bonchev–Trinajstić information content (AvgIpc) is 3.14. The fourth-order valence-electron chi connectivity index (χ4n) is 8.21. The van der Waals surface area contributed by atoms with Crippen LogP contribution in [0.1, 0.15) is 71.6 Å². The van der Waals surface area contributed by atoms with Crippen LogP contribution in [-0.2, 0) is 0 Å². The molecule has 9 nitrogen and oxygen atoms in total. The van der Waals surface area contributed by atoms with Crippen molar-refractivity contribution in [2.24, 2.45) is 39.6 Å². The molecule has 4 saturated carbocycles. The summed E-state index contributed by atoms with van der Waals surface area (Å²) < 4.78 is 0. The van der Waals surface area contributed by atoms with Gasteiger partial charge >= 0.3 is 5.69 Å². The third kappa shape index (κ3) is 3.59. The summed E-state index contributed by atoms with van der Waals surface area (Å²) in [5, 5.41) is 37.4. The summed E-state index contributed by atoms with van der Waals surface area (Å²) in [6.45, 7) is 4.78. The number of fused-ring (bicyclic) bond motifs is 5. The molecule has 1 aromatic rings. The Morgan fingerprint density at radius 2 is 1.82 bits per heavy atom.